The Bertz CT molecular complexity index is 1390. The molecule has 12 heteroatoms. The maximum absolute atomic E-state index is 13.9. The Hall–Kier alpha value is -4.35. The highest BCUT2D eigenvalue weighted by Gasteiger charge is 2.32. The quantitative estimate of drug-likeness (QED) is 0.414. The van der Waals surface area contributed by atoms with E-state index in [2.05, 4.69) is 25.8 Å². The molecular formula is C26H26F2N6O4. The Balaban J connectivity index is 1.21. The van der Waals surface area contributed by atoms with Crippen LogP contribution >= 0.6 is 0 Å². The van der Waals surface area contributed by atoms with Crippen LogP contribution in [-0.2, 0) is 22.4 Å². The van der Waals surface area contributed by atoms with Crippen molar-refractivity contribution in [3.8, 4) is 5.75 Å². The minimum absolute atomic E-state index is 0.00355. The number of carbonyl (C=O) groups excluding carboxylic acids is 3. The molecule has 10 nitrogen and oxygen atoms in total. The first-order valence-electron chi connectivity index (χ1n) is 12.3. The van der Waals surface area contributed by atoms with Gasteiger partial charge in [0.25, 0.3) is 11.8 Å². The summed E-state index contributed by atoms with van der Waals surface area (Å²) in [4.78, 5) is 43.4. The first-order valence-corrected chi connectivity index (χ1v) is 12.3. The number of nitrogens with one attached hydrogen (secondary N) is 3. The number of hydrogen-bond acceptors (Lipinski definition) is 6. The van der Waals surface area contributed by atoms with Crippen LogP contribution in [0.15, 0.2) is 36.4 Å². The number of hydrogen-bond donors (Lipinski definition) is 3. The van der Waals surface area contributed by atoms with Gasteiger partial charge in [0, 0.05) is 32.0 Å². The third-order valence-corrected chi connectivity index (χ3v) is 6.42. The first kappa shape index (κ1) is 25.3. The normalized spacial score (nSPS) is 16.9. The van der Waals surface area contributed by atoms with Crippen molar-refractivity contribution in [3.63, 3.8) is 0 Å². The van der Waals surface area contributed by atoms with Crippen molar-refractivity contribution in [2.24, 2.45) is 0 Å². The molecular weight excluding hydrogens is 498 g/mol. The molecule has 1 fully saturated rings. The fourth-order valence-corrected chi connectivity index (χ4v) is 4.13. The van der Waals surface area contributed by atoms with Gasteiger partial charge in [0.1, 0.15) is 35.9 Å². The summed E-state index contributed by atoms with van der Waals surface area (Å²) in [5.74, 6) is -2.09. The van der Waals surface area contributed by atoms with Gasteiger partial charge in [-0.2, -0.15) is 0 Å². The second kappa shape index (κ2) is 10.6. The van der Waals surface area contributed by atoms with Crippen molar-refractivity contribution >= 4 is 23.4 Å². The van der Waals surface area contributed by atoms with E-state index in [-0.39, 0.29) is 36.1 Å². The number of halogens is 2. The summed E-state index contributed by atoms with van der Waals surface area (Å²) in [6, 6.07) is 7.87. The molecule has 1 aliphatic heterocycles. The fourth-order valence-electron chi connectivity index (χ4n) is 4.13. The molecule has 198 valence electrons. The predicted molar refractivity (Wildman–Crippen MR) is 132 cm³/mol. The van der Waals surface area contributed by atoms with Crippen molar-refractivity contribution in [2.45, 2.75) is 44.2 Å². The van der Waals surface area contributed by atoms with Crippen LogP contribution in [0.1, 0.15) is 46.8 Å². The van der Waals surface area contributed by atoms with Gasteiger partial charge >= 0.3 is 0 Å². The lowest BCUT2D eigenvalue weighted by molar-refractivity contribution is -0.121. The van der Waals surface area contributed by atoms with Crippen LogP contribution in [0.3, 0.4) is 0 Å². The SMILES string of the molecule is CN1C(=O)[C@H](NC(=O)c2n[nH]c(Cc3ccc(F)cc3F)n2)COc2ccc(CCC(=O)NC3CC3)cc21. The Labute approximate surface area is 216 Å². The van der Waals surface area contributed by atoms with Crippen LogP contribution in [0.2, 0.25) is 0 Å². The number of fused-ring (bicyclic) bond motifs is 1. The fraction of sp³-hybridized carbons (Fsp3) is 0.346. The van der Waals surface area contributed by atoms with E-state index in [4.69, 9.17) is 4.74 Å². The van der Waals surface area contributed by atoms with E-state index >= 15 is 0 Å². The smallest absolute Gasteiger partial charge is 0.291 e. The Morgan fingerprint density at radius 1 is 1.16 bits per heavy atom. The van der Waals surface area contributed by atoms with Gasteiger partial charge in [0.2, 0.25) is 11.7 Å². The van der Waals surface area contributed by atoms with Crippen molar-refractivity contribution in [2.75, 3.05) is 18.6 Å². The number of ether oxygens (including phenoxy) is 1. The molecule has 0 bridgehead atoms. The van der Waals surface area contributed by atoms with E-state index < -0.39 is 29.5 Å². The number of H-pyrrole nitrogens is 1. The summed E-state index contributed by atoms with van der Waals surface area (Å²) in [5.41, 5.74) is 1.60. The predicted octanol–water partition coefficient (Wildman–Crippen LogP) is 2.04. The zero-order chi connectivity index (χ0) is 26.8. The highest BCUT2D eigenvalue weighted by Crippen LogP contribution is 2.32. The summed E-state index contributed by atoms with van der Waals surface area (Å²) in [6.45, 7) is -0.108. The summed E-state index contributed by atoms with van der Waals surface area (Å²) >= 11 is 0. The number of rotatable bonds is 8. The number of nitrogens with zero attached hydrogens (tertiary/aromatic N) is 3. The molecule has 1 aliphatic carbocycles. The van der Waals surface area contributed by atoms with Crippen molar-refractivity contribution in [1.29, 1.82) is 0 Å². The zero-order valence-corrected chi connectivity index (χ0v) is 20.6. The summed E-state index contributed by atoms with van der Waals surface area (Å²) < 4.78 is 32.9. The van der Waals surface area contributed by atoms with Gasteiger partial charge in [-0.05, 0) is 48.6 Å². The third kappa shape index (κ3) is 5.79. The number of anilines is 1. The molecule has 1 atom stereocenters. The molecule has 5 rings (SSSR count). The van der Waals surface area contributed by atoms with E-state index in [0.29, 0.717) is 30.3 Å². The summed E-state index contributed by atoms with van der Waals surface area (Å²) in [6.07, 6.45) is 2.89. The third-order valence-electron chi connectivity index (χ3n) is 6.42. The Kier molecular flexibility index (Phi) is 7.03. The topological polar surface area (TPSA) is 129 Å². The molecule has 3 N–H and O–H groups in total. The van der Waals surface area contributed by atoms with Crippen LogP contribution in [0.4, 0.5) is 14.5 Å². The molecule has 2 aromatic carbocycles. The minimum atomic E-state index is -1.01. The highest BCUT2D eigenvalue weighted by molar-refractivity contribution is 6.02. The summed E-state index contributed by atoms with van der Waals surface area (Å²) in [7, 11) is 1.58. The maximum Gasteiger partial charge on any atom is 0.291 e. The number of amides is 3. The van der Waals surface area contributed by atoms with Gasteiger partial charge in [-0.1, -0.05) is 12.1 Å². The van der Waals surface area contributed by atoms with E-state index in [1.807, 2.05) is 6.07 Å². The van der Waals surface area contributed by atoms with Crippen molar-refractivity contribution < 1.29 is 27.9 Å². The number of benzene rings is 2. The second-order valence-electron chi connectivity index (χ2n) is 9.40. The standard InChI is InChI=1S/C26H26F2N6O4/c1-34-20-10-14(3-9-23(35)29-17-6-7-17)2-8-21(20)38-13-19(26(34)37)30-25(36)24-31-22(32-33-24)11-15-4-5-16(27)12-18(15)28/h2,4-5,8,10,12,17,19H,3,6-7,9,11,13H2,1H3,(H,29,35)(H,30,36)(H,31,32,33)/t19-/m1/s1. The molecule has 2 aliphatic rings. The molecule has 38 heavy (non-hydrogen) atoms. The zero-order valence-electron chi connectivity index (χ0n) is 20.6. The van der Waals surface area contributed by atoms with Gasteiger partial charge < -0.3 is 20.3 Å². The van der Waals surface area contributed by atoms with Crippen LogP contribution in [0.5, 0.6) is 5.75 Å². The Morgan fingerprint density at radius 3 is 2.74 bits per heavy atom. The molecule has 3 amide bonds. The van der Waals surface area contributed by atoms with E-state index in [9.17, 15) is 23.2 Å². The lowest BCUT2D eigenvalue weighted by Crippen LogP contribution is -2.49. The van der Waals surface area contributed by atoms with E-state index in [1.165, 1.54) is 11.0 Å². The van der Waals surface area contributed by atoms with Crippen LogP contribution in [0, 0.1) is 11.6 Å². The largest absolute Gasteiger partial charge is 0.489 e. The molecule has 0 saturated heterocycles. The monoisotopic (exact) mass is 524 g/mol. The lowest BCUT2D eigenvalue weighted by Gasteiger charge is -2.20. The number of likely N-dealkylation sites (N-methyl/N-ethyl adjacent to an activating group) is 1. The van der Waals surface area contributed by atoms with Crippen molar-refractivity contribution in [3.05, 3.63) is 70.8 Å². The van der Waals surface area contributed by atoms with Crippen molar-refractivity contribution in [1.82, 2.24) is 25.8 Å². The van der Waals surface area contributed by atoms with Gasteiger partial charge in [-0.15, -0.1) is 5.10 Å². The molecule has 3 aromatic rings. The number of aryl methyl sites for hydroxylation is 1. The average molecular weight is 525 g/mol. The Morgan fingerprint density at radius 2 is 1.97 bits per heavy atom. The van der Waals surface area contributed by atoms with Gasteiger partial charge in [-0.3, -0.25) is 19.5 Å². The molecule has 1 saturated carbocycles. The van der Waals surface area contributed by atoms with Crippen LogP contribution < -0.4 is 20.3 Å². The second-order valence-corrected chi connectivity index (χ2v) is 9.40. The molecule has 0 radical (unpaired) electrons. The lowest BCUT2D eigenvalue weighted by atomic mass is 10.1. The van der Waals surface area contributed by atoms with Crippen LogP contribution in [0.25, 0.3) is 0 Å². The van der Waals surface area contributed by atoms with E-state index in [0.717, 1.165) is 30.5 Å². The maximum atomic E-state index is 13.9. The first-order chi connectivity index (χ1) is 18.3. The van der Waals surface area contributed by atoms with E-state index in [1.54, 1.807) is 19.2 Å². The average Bonchev–Trinajstić information content (AvgIpc) is 3.60. The van der Waals surface area contributed by atoms with Crippen LogP contribution in [-0.4, -0.2) is 58.6 Å². The van der Waals surface area contributed by atoms with Gasteiger partial charge in [0.05, 0.1) is 5.69 Å². The van der Waals surface area contributed by atoms with Gasteiger partial charge in [0.15, 0.2) is 0 Å². The highest BCUT2D eigenvalue weighted by atomic mass is 19.1. The van der Waals surface area contributed by atoms with Gasteiger partial charge in [-0.25, -0.2) is 13.8 Å². The molecule has 2 heterocycles. The number of aromatic nitrogens is 3. The number of carbonyl (C=O) groups is 3. The minimum Gasteiger partial charge on any atom is -0.489 e. The number of aromatic amines is 1. The molecule has 0 unspecified atom stereocenters. The summed E-state index contributed by atoms with van der Waals surface area (Å²) in [5, 5.41) is 12.0. The molecule has 1 aromatic heterocycles. The molecule has 0 spiro atoms.